The highest BCUT2D eigenvalue weighted by Gasteiger charge is 2.42. The molecule has 1 N–H and O–H groups in total. The van der Waals surface area contributed by atoms with Gasteiger partial charge in [-0.1, -0.05) is 18.2 Å². The first-order chi connectivity index (χ1) is 9.43. The van der Waals surface area contributed by atoms with Gasteiger partial charge < -0.3 is 9.84 Å². The van der Waals surface area contributed by atoms with Crippen molar-refractivity contribution in [1.29, 1.82) is 0 Å². The van der Waals surface area contributed by atoms with Crippen LogP contribution in [0.15, 0.2) is 24.3 Å². The van der Waals surface area contributed by atoms with Crippen molar-refractivity contribution >= 4 is 0 Å². The molecule has 0 amide bonds. The molecule has 0 spiro atoms. The minimum absolute atomic E-state index is 0.0976. The standard InChI is InChI=1S/C15H19F3O2/c1-20-13-5-3-2-4-12(13)14(19)10-6-8-11(9-7-10)15(16,17)18/h2-5,10-11,14,19H,6-9H2,1H3. The molecule has 0 heterocycles. The summed E-state index contributed by atoms with van der Waals surface area (Å²) >= 11 is 0. The van der Waals surface area contributed by atoms with Crippen LogP contribution in [-0.2, 0) is 0 Å². The maximum absolute atomic E-state index is 12.6. The zero-order valence-corrected chi connectivity index (χ0v) is 11.4. The van der Waals surface area contributed by atoms with E-state index in [1.807, 2.05) is 0 Å². The highest BCUT2D eigenvalue weighted by Crippen LogP contribution is 2.44. The van der Waals surface area contributed by atoms with Crippen LogP contribution in [0.3, 0.4) is 0 Å². The van der Waals surface area contributed by atoms with Gasteiger partial charge in [0.2, 0.25) is 0 Å². The van der Waals surface area contributed by atoms with Gasteiger partial charge in [-0.2, -0.15) is 13.2 Å². The van der Waals surface area contributed by atoms with Gasteiger partial charge in [0.05, 0.1) is 19.1 Å². The van der Waals surface area contributed by atoms with Crippen LogP contribution in [0.2, 0.25) is 0 Å². The Labute approximate surface area is 116 Å². The second kappa shape index (κ2) is 6.04. The summed E-state index contributed by atoms with van der Waals surface area (Å²) in [4.78, 5) is 0. The molecule has 5 heteroatoms. The molecule has 1 atom stereocenters. The number of alkyl halides is 3. The number of hydrogen-bond donors (Lipinski definition) is 1. The van der Waals surface area contributed by atoms with Crippen molar-refractivity contribution in [3.8, 4) is 5.75 Å². The van der Waals surface area contributed by atoms with E-state index < -0.39 is 18.2 Å². The molecule has 2 rings (SSSR count). The minimum Gasteiger partial charge on any atom is -0.496 e. The maximum atomic E-state index is 12.6. The highest BCUT2D eigenvalue weighted by atomic mass is 19.4. The van der Waals surface area contributed by atoms with Crippen LogP contribution in [-0.4, -0.2) is 18.4 Å². The molecule has 0 aliphatic heterocycles. The molecule has 1 fully saturated rings. The molecule has 1 aliphatic carbocycles. The van der Waals surface area contributed by atoms with Crippen molar-refractivity contribution in [1.82, 2.24) is 0 Å². The van der Waals surface area contributed by atoms with Crippen molar-refractivity contribution in [2.24, 2.45) is 11.8 Å². The van der Waals surface area contributed by atoms with Crippen molar-refractivity contribution < 1.29 is 23.0 Å². The average molecular weight is 288 g/mol. The monoisotopic (exact) mass is 288 g/mol. The van der Waals surface area contributed by atoms with Crippen LogP contribution in [0.5, 0.6) is 5.75 Å². The fourth-order valence-electron chi connectivity index (χ4n) is 2.93. The summed E-state index contributed by atoms with van der Waals surface area (Å²) in [7, 11) is 1.52. The molecule has 0 aromatic heterocycles. The molecule has 0 radical (unpaired) electrons. The van der Waals surface area contributed by atoms with Gasteiger partial charge in [0.1, 0.15) is 5.75 Å². The first kappa shape index (κ1) is 15.2. The summed E-state index contributed by atoms with van der Waals surface area (Å²) in [5.41, 5.74) is 0.658. The fourth-order valence-corrected chi connectivity index (χ4v) is 2.93. The number of aliphatic hydroxyl groups is 1. The van der Waals surface area contributed by atoms with Crippen molar-refractivity contribution in [3.05, 3.63) is 29.8 Å². The molecule has 0 saturated heterocycles. The van der Waals surface area contributed by atoms with E-state index in [4.69, 9.17) is 4.74 Å². The Bertz CT molecular complexity index is 437. The van der Waals surface area contributed by atoms with E-state index in [1.165, 1.54) is 7.11 Å². The Hall–Kier alpha value is -1.23. The summed E-state index contributed by atoms with van der Waals surface area (Å²) in [6.45, 7) is 0. The van der Waals surface area contributed by atoms with Gasteiger partial charge in [0, 0.05) is 5.56 Å². The van der Waals surface area contributed by atoms with E-state index in [2.05, 4.69) is 0 Å². The molecular formula is C15H19F3O2. The van der Waals surface area contributed by atoms with Crippen LogP contribution < -0.4 is 4.74 Å². The largest absolute Gasteiger partial charge is 0.496 e. The summed E-state index contributed by atoms with van der Waals surface area (Å²) in [6.07, 6.45) is -3.89. The number of benzene rings is 1. The Morgan fingerprint density at radius 3 is 2.30 bits per heavy atom. The van der Waals surface area contributed by atoms with Crippen LogP contribution >= 0.6 is 0 Å². The zero-order valence-electron chi connectivity index (χ0n) is 11.4. The van der Waals surface area contributed by atoms with E-state index >= 15 is 0 Å². The zero-order chi connectivity index (χ0) is 14.8. The first-order valence-corrected chi connectivity index (χ1v) is 6.81. The van der Waals surface area contributed by atoms with Gasteiger partial charge in [-0.3, -0.25) is 0 Å². The number of aliphatic hydroxyl groups excluding tert-OH is 1. The lowest BCUT2D eigenvalue weighted by molar-refractivity contribution is -0.185. The number of halogens is 3. The number of hydrogen-bond acceptors (Lipinski definition) is 2. The van der Waals surface area contributed by atoms with Crippen molar-refractivity contribution in [3.63, 3.8) is 0 Å². The second-order valence-corrected chi connectivity index (χ2v) is 5.34. The maximum Gasteiger partial charge on any atom is 0.391 e. The van der Waals surface area contributed by atoms with Gasteiger partial charge in [0.25, 0.3) is 0 Å². The van der Waals surface area contributed by atoms with E-state index in [0.717, 1.165) is 0 Å². The van der Waals surface area contributed by atoms with Gasteiger partial charge >= 0.3 is 6.18 Å². The first-order valence-electron chi connectivity index (χ1n) is 6.81. The topological polar surface area (TPSA) is 29.5 Å². The predicted octanol–water partition coefficient (Wildman–Crippen LogP) is 4.10. The Morgan fingerprint density at radius 1 is 1.15 bits per heavy atom. The normalized spacial score (nSPS) is 25.2. The van der Waals surface area contributed by atoms with Crippen LogP contribution in [0, 0.1) is 11.8 Å². The van der Waals surface area contributed by atoms with Crippen LogP contribution in [0.4, 0.5) is 13.2 Å². The predicted molar refractivity (Wildman–Crippen MR) is 69.5 cm³/mol. The van der Waals surface area contributed by atoms with E-state index in [9.17, 15) is 18.3 Å². The Balaban J connectivity index is 2.03. The third-order valence-corrected chi connectivity index (χ3v) is 4.14. The molecule has 1 aliphatic rings. The smallest absolute Gasteiger partial charge is 0.391 e. The molecule has 1 unspecified atom stereocenters. The van der Waals surface area contributed by atoms with Gasteiger partial charge in [0.15, 0.2) is 0 Å². The lowest BCUT2D eigenvalue weighted by atomic mass is 9.77. The second-order valence-electron chi connectivity index (χ2n) is 5.34. The van der Waals surface area contributed by atoms with Crippen molar-refractivity contribution in [2.75, 3.05) is 7.11 Å². The Morgan fingerprint density at radius 2 is 1.75 bits per heavy atom. The van der Waals surface area contributed by atoms with Gasteiger partial charge in [-0.25, -0.2) is 0 Å². The van der Waals surface area contributed by atoms with Gasteiger partial charge in [-0.15, -0.1) is 0 Å². The highest BCUT2D eigenvalue weighted by molar-refractivity contribution is 5.35. The van der Waals surface area contributed by atoms with E-state index in [0.29, 0.717) is 24.2 Å². The molecule has 0 bridgehead atoms. The number of para-hydroxylation sites is 1. The van der Waals surface area contributed by atoms with E-state index in [1.54, 1.807) is 24.3 Å². The van der Waals surface area contributed by atoms with Crippen molar-refractivity contribution in [2.45, 2.75) is 38.0 Å². The average Bonchev–Trinajstić information content (AvgIpc) is 2.45. The lowest BCUT2D eigenvalue weighted by Gasteiger charge is -2.32. The summed E-state index contributed by atoms with van der Waals surface area (Å²) in [6, 6.07) is 7.11. The SMILES string of the molecule is COc1ccccc1C(O)C1CCC(C(F)(F)F)CC1. The molecule has 112 valence electrons. The fraction of sp³-hybridized carbons (Fsp3) is 0.600. The number of ether oxygens (including phenoxy) is 1. The molecule has 2 nitrogen and oxygen atoms in total. The molecule has 1 saturated carbocycles. The van der Waals surface area contributed by atoms with Gasteiger partial charge in [-0.05, 0) is 37.7 Å². The molecule has 1 aromatic carbocycles. The van der Waals surface area contributed by atoms with Crippen LogP contribution in [0.1, 0.15) is 37.4 Å². The third kappa shape index (κ3) is 3.26. The van der Waals surface area contributed by atoms with E-state index in [-0.39, 0.29) is 18.8 Å². The molecule has 1 aromatic rings. The summed E-state index contributed by atoms with van der Waals surface area (Å²) < 4.78 is 43.1. The summed E-state index contributed by atoms with van der Waals surface area (Å²) in [5.74, 6) is -0.772. The lowest BCUT2D eigenvalue weighted by Crippen LogP contribution is -2.29. The molecule has 20 heavy (non-hydrogen) atoms. The number of rotatable bonds is 3. The molecular weight excluding hydrogens is 269 g/mol. The Kier molecular flexibility index (Phi) is 4.58. The number of methoxy groups -OCH3 is 1. The minimum atomic E-state index is -4.11. The third-order valence-electron chi connectivity index (χ3n) is 4.14. The van der Waals surface area contributed by atoms with Crippen LogP contribution in [0.25, 0.3) is 0 Å². The quantitative estimate of drug-likeness (QED) is 0.907. The summed E-state index contributed by atoms with van der Waals surface area (Å²) in [5, 5.41) is 10.4.